The number of hydrogen-bond donors (Lipinski definition) is 2. The van der Waals surface area contributed by atoms with Gasteiger partial charge < -0.3 is 9.73 Å². The van der Waals surface area contributed by atoms with E-state index in [4.69, 9.17) is 4.42 Å². The van der Waals surface area contributed by atoms with Crippen LogP contribution in [0.25, 0.3) is 16.9 Å². The van der Waals surface area contributed by atoms with Crippen LogP contribution in [-0.2, 0) is 17.1 Å². The van der Waals surface area contributed by atoms with Gasteiger partial charge in [0.05, 0.1) is 16.1 Å². The third-order valence-electron chi connectivity index (χ3n) is 4.40. The summed E-state index contributed by atoms with van der Waals surface area (Å²) in [5.41, 5.74) is 1.61. The Bertz CT molecular complexity index is 1350. The van der Waals surface area contributed by atoms with Crippen molar-refractivity contribution in [2.24, 2.45) is 7.05 Å². The minimum Gasteiger partial charge on any atom is -0.408 e. The van der Waals surface area contributed by atoms with Crippen LogP contribution in [0.5, 0.6) is 0 Å². The molecule has 0 fully saturated rings. The largest absolute Gasteiger partial charge is 0.419 e. The van der Waals surface area contributed by atoms with Gasteiger partial charge in [-0.15, -0.1) is 10.2 Å². The molecule has 0 spiro atoms. The zero-order valence-electron chi connectivity index (χ0n) is 16.2. The quantitative estimate of drug-likeness (QED) is 0.412. The number of fused-ring (bicyclic) bond motifs is 1. The van der Waals surface area contributed by atoms with Crippen molar-refractivity contribution in [1.29, 1.82) is 0 Å². The molecule has 2 N–H and O–H groups in total. The maximum atomic E-state index is 12.5. The minimum atomic E-state index is -3.75. The number of sulfonamides is 1. The van der Waals surface area contributed by atoms with Crippen molar-refractivity contribution in [3.05, 3.63) is 58.8 Å². The van der Waals surface area contributed by atoms with Gasteiger partial charge in [-0.2, -0.15) is 5.10 Å². The van der Waals surface area contributed by atoms with Crippen LogP contribution in [0.15, 0.2) is 56.7 Å². The fourth-order valence-electron chi connectivity index (χ4n) is 2.82. The summed E-state index contributed by atoms with van der Waals surface area (Å²) in [7, 11) is -2.23. The van der Waals surface area contributed by atoms with Crippen molar-refractivity contribution in [2.45, 2.75) is 11.8 Å². The Kier molecular flexibility index (Phi) is 5.10. The van der Waals surface area contributed by atoms with E-state index < -0.39 is 15.8 Å². The van der Waals surface area contributed by atoms with E-state index in [1.165, 1.54) is 29.8 Å². The van der Waals surface area contributed by atoms with Crippen molar-refractivity contribution < 1.29 is 12.8 Å². The summed E-state index contributed by atoms with van der Waals surface area (Å²) in [6, 6.07) is 9.61. The maximum absolute atomic E-state index is 12.5. The standard InChI is InChI=1S/C18H19N7O4S/c1-12-7-10-25(23-12)17-6-5-16(21-22-17)19-8-9-20-30(27,28)13-3-4-15-14(11-13)24(2)18(26)29-15/h3-7,10-11,20H,8-9H2,1-2H3,(H,19,21). The van der Waals surface area contributed by atoms with E-state index >= 15 is 0 Å². The van der Waals surface area contributed by atoms with Crippen LogP contribution < -0.4 is 15.8 Å². The first-order valence-corrected chi connectivity index (χ1v) is 10.5. The highest BCUT2D eigenvalue weighted by molar-refractivity contribution is 7.89. The summed E-state index contributed by atoms with van der Waals surface area (Å²) in [6.45, 7) is 2.32. The van der Waals surface area contributed by atoms with E-state index in [1.807, 2.05) is 13.0 Å². The summed E-state index contributed by atoms with van der Waals surface area (Å²) in [5, 5.41) is 15.4. The van der Waals surface area contributed by atoms with Crippen LogP contribution in [0.4, 0.5) is 5.82 Å². The van der Waals surface area contributed by atoms with Crippen LogP contribution in [-0.4, -0.2) is 46.1 Å². The van der Waals surface area contributed by atoms with Gasteiger partial charge in [-0.25, -0.2) is 22.6 Å². The van der Waals surface area contributed by atoms with Gasteiger partial charge in [0, 0.05) is 26.3 Å². The SMILES string of the molecule is Cc1ccn(-c2ccc(NCCNS(=O)(=O)c3ccc4oc(=O)n(C)c4c3)nn2)n1. The molecular formula is C18H19N7O4S. The highest BCUT2D eigenvalue weighted by Gasteiger charge is 2.16. The average molecular weight is 429 g/mol. The lowest BCUT2D eigenvalue weighted by atomic mass is 10.3. The van der Waals surface area contributed by atoms with Gasteiger partial charge >= 0.3 is 5.76 Å². The molecule has 0 bridgehead atoms. The smallest absolute Gasteiger partial charge is 0.408 e. The van der Waals surface area contributed by atoms with Crippen LogP contribution >= 0.6 is 0 Å². The lowest BCUT2D eigenvalue weighted by molar-refractivity contribution is 0.528. The van der Waals surface area contributed by atoms with E-state index in [9.17, 15) is 13.2 Å². The summed E-state index contributed by atoms with van der Waals surface area (Å²) < 4.78 is 35.4. The molecule has 1 aromatic carbocycles. The predicted octanol–water partition coefficient (Wildman–Crippen LogP) is 0.806. The van der Waals surface area contributed by atoms with Gasteiger partial charge in [0.25, 0.3) is 0 Å². The Labute approximate surface area is 171 Å². The maximum Gasteiger partial charge on any atom is 0.419 e. The molecule has 3 aromatic heterocycles. The number of benzene rings is 1. The first-order valence-electron chi connectivity index (χ1n) is 9.03. The van der Waals surface area contributed by atoms with Gasteiger partial charge in [-0.3, -0.25) is 4.57 Å². The van der Waals surface area contributed by atoms with Crippen molar-refractivity contribution >= 4 is 26.9 Å². The molecule has 0 saturated heterocycles. The van der Waals surface area contributed by atoms with Crippen molar-refractivity contribution in [2.75, 3.05) is 18.4 Å². The molecule has 4 aromatic rings. The number of rotatable bonds is 7. The van der Waals surface area contributed by atoms with Crippen LogP contribution in [0.1, 0.15) is 5.69 Å². The molecule has 0 aliphatic carbocycles. The lowest BCUT2D eigenvalue weighted by Gasteiger charge is -2.08. The van der Waals surface area contributed by atoms with E-state index in [0.717, 1.165) is 5.69 Å². The second kappa shape index (κ2) is 7.72. The van der Waals surface area contributed by atoms with Gasteiger partial charge in [0.15, 0.2) is 11.4 Å². The highest BCUT2D eigenvalue weighted by atomic mass is 32.2. The van der Waals surface area contributed by atoms with Crippen LogP contribution in [0, 0.1) is 6.92 Å². The Morgan fingerprint density at radius 2 is 1.93 bits per heavy atom. The van der Waals surface area contributed by atoms with E-state index in [1.54, 1.807) is 23.0 Å². The Balaban J connectivity index is 1.35. The second-order valence-corrected chi connectivity index (χ2v) is 8.33. The van der Waals surface area contributed by atoms with Gasteiger partial charge in [0.2, 0.25) is 10.0 Å². The van der Waals surface area contributed by atoms with E-state index in [2.05, 4.69) is 25.3 Å². The monoisotopic (exact) mass is 429 g/mol. The fourth-order valence-corrected chi connectivity index (χ4v) is 3.87. The number of aromatic nitrogens is 5. The van der Waals surface area contributed by atoms with Gasteiger partial charge in [-0.05, 0) is 43.3 Å². The number of anilines is 1. The highest BCUT2D eigenvalue weighted by Crippen LogP contribution is 2.17. The first kappa shape index (κ1) is 19.8. The Morgan fingerprint density at radius 3 is 2.63 bits per heavy atom. The van der Waals surface area contributed by atoms with Crippen molar-refractivity contribution in [3.8, 4) is 5.82 Å². The zero-order valence-corrected chi connectivity index (χ0v) is 17.0. The zero-order chi connectivity index (χ0) is 21.3. The van der Waals surface area contributed by atoms with Gasteiger partial charge in [-0.1, -0.05) is 0 Å². The van der Waals surface area contributed by atoms with Crippen molar-refractivity contribution in [3.63, 3.8) is 0 Å². The van der Waals surface area contributed by atoms with E-state index in [-0.39, 0.29) is 11.4 Å². The van der Waals surface area contributed by atoms with Crippen LogP contribution in [0.3, 0.4) is 0 Å². The number of hydrogen-bond acceptors (Lipinski definition) is 8. The predicted molar refractivity (Wildman–Crippen MR) is 109 cm³/mol. The normalized spacial score (nSPS) is 11.8. The summed E-state index contributed by atoms with van der Waals surface area (Å²) in [4.78, 5) is 11.6. The number of oxazole rings is 1. The lowest BCUT2D eigenvalue weighted by Crippen LogP contribution is -2.29. The summed E-state index contributed by atoms with van der Waals surface area (Å²) >= 11 is 0. The molecular weight excluding hydrogens is 410 g/mol. The molecule has 11 nitrogen and oxygen atoms in total. The number of aryl methyl sites for hydroxylation is 2. The van der Waals surface area contributed by atoms with Crippen LogP contribution in [0.2, 0.25) is 0 Å². The first-order chi connectivity index (χ1) is 14.3. The van der Waals surface area contributed by atoms with Crippen molar-refractivity contribution in [1.82, 2.24) is 29.3 Å². The molecule has 30 heavy (non-hydrogen) atoms. The molecule has 0 aliphatic heterocycles. The molecule has 0 saturated carbocycles. The minimum absolute atomic E-state index is 0.0464. The number of nitrogens with zero attached hydrogens (tertiary/aromatic N) is 5. The third-order valence-corrected chi connectivity index (χ3v) is 5.86. The molecule has 12 heteroatoms. The average Bonchev–Trinajstić information content (AvgIpc) is 3.29. The van der Waals surface area contributed by atoms with Gasteiger partial charge in [0.1, 0.15) is 5.82 Å². The molecule has 156 valence electrons. The summed E-state index contributed by atoms with van der Waals surface area (Å²) in [6.07, 6.45) is 1.79. The molecule has 0 radical (unpaired) electrons. The molecule has 4 rings (SSSR count). The summed E-state index contributed by atoms with van der Waals surface area (Å²) in [5.74, 6) is 0.543. The second-order valence-electron chi connectivity index (χ2n) is 6.56. The molecule has 0 atom stereocenters. The topological polar surface area (TPSA) is 137 Å². The number of nitrogens with one attached hydrogen (secondary N) is 2. The van der Waals surface area contributed by atoms with E-state index in [0.29, 0.717) is 29.3 Å². The molecule has 0 unspecified atom stereocenters. The fraction of sp³-hybridized carbons (Fsp3) is 0.222. The Hall–Kier alpha value is -3.51. The third kappa shape index (κ3) is 3.95. The molecule has 3 heterocycles. The Morgan fingerprint density at radius 1 is 1.10 bits per heavy atom. The molecule has 0 aliphatic rings. The molecule has 0 amide bonds.